The van der Waals surface area contributed by atoms with Gasteiger partial charge in [0.15, 0.2) is 0 Å². The van der Waals surface area contributed by atoms with Crippen molar-refractivity contribution < 1.29 is 23.9 Å². The third-order valence-corrected chi connectivity index (χ3v) is 5.70. The van der Waals surface area contributed by atoms with Crippen molar-refractivity contribution in [2.45, 2.75) is 71.4 Å². The van der Waals surface area contributed by atoms with Crippen LogP contribution < -0.4 is 16.0 Å². The van der Waals surface area contributed by atoms with Gasteiger partial charge in [-0.25, -0.2) is 9.59 Å². The van der Waals surface area contributed by atoms with E-state index in [2.05, 4.69) is 16.0 Å². The standard InChI is InChI=1S/C20H34N4O5/c1-5-29-19(28)22-15(10-13(2)3)11-21-16(25)12-24-17(26)20(23-18(24)27)9-7-6-8-14(20)4/h13-15H,5-12H2,1-4H3,(H,21,25)(H,22,28)(H,23,27). The summed E-state index contributed by atoms with van der Waals surface area (Å²) in [6.45, 7) is 7.85. The number of carbonyl (C=O) groups is 4. The van der Waals surface area contributed by atoms with Crippen molar-refractivity contribution in [3.8, 4) is 0 Å². The van der Waals surface area contributed by atoms with Crippen LogP contribution in [0.1, 0.15) is 59.8 Å². The molecule has 1 spiro atoms. The quantitative estimate of drug-likeness (QED) is 0.527. The van der Waals surface area contributed by atoms with Gasteiger partial charge in [-0.2, -0.15) is 0 Å². The van der Waals surface area contributed by atoms with Crippen LogP contribution in [0.15, 0.2) is 0 Å². The van der Waals surface area contributed by atoms with Gasteiger partial charge >= 0.3 is 12.1 Å². The monoisotopic (exact) mass is 410 g/mol. The van der Waals surface area contributed by atoms with E-state index < -0.39 is 23.6 Å². The van der Waals surface area contributed by atoms with Crippen LogP contribution in [0.25, 0.3) is 0 Å². The fourth-order valence-electron chi connectivity index (χ4n) is 4.18. The molecule has 164 valence electrons. The molecule has 0 aromatic carbocycles. The van der Waals surface area contributed by atoms with Crippen molar-refractivity contribution in [2.75, 3.05) is 19.7 Å². The van der Waals surface area contributed by atoms with Crippen LogP contribution in [0.4, 0.5) is 9.59 Å². The van der Waals surface area contributed by atoms with Crippen molar-refractivity contribution >= 4 is 23.9 Å². The van der Waals surface area contributed by atoms with Crippen molar-refractivity contribution in [1.82, 2.24) is 20.9 Å². The highest BCUT2D eigenvalue weighted by atomic mass is 16.5. The lowest BCUT2D eigenvalue weighted by molar-refractivity contribution is -0.137. The Labute approximate surface area is 172 Å². The molecular formula is C20H34N4O5. The molecule has 0 radical (unpaired) electrons. The Balaban J connectivity index is 1.92. The van der Waals surface area contributed by atoms with Gasteiger partial charge < -0.3 is 20.7 Å². The van der Waals surface area contributed by atoms with E-state index in [1.807, 2.05) is 20.8 Å². The zero-order valence-electron chi connectivity index (χ0n) is 17.9. The van der Waals surface area contributed by atoms with E-state index in [4.69, 9.17) is 4.74 Å². The predicted molar refractivity (Wildman–Crippen MR) is 107 cm³/mol. The molecule has 29 heavy (non-hydrogen) atoms. The van der Waals surface area contributed by atoms with Crippen LogP contribution in [0.5, 0.6) is 0 Å². The van der Waals surface area contributed by atoms with E-state index >= 15 is 0 Å². The molecular weight excluding hydrogens is 376 g/mol. The summed E-state index contributed by atoms with van der Waals surface area (Å²) in [5.74, 6) is -0.399. The number of imide groups is 1. The highest BCUT2D eigenvalue weighted by Gasteiger charge is 2.55. The maximum Gasteiger partial charge on any atom is 0.407 e. The second-order valence-electron chi connectivity index (χ2n) is 8.43. The van der Waals surface area contributed by atoms with Gasteiger partial charge in [-0.3, -0.25) is 14.5 Å². The number of urea groups is 1. The number of hydrogen-bond acceptors (Lipinski definition) is 5. The van der Waals surface area contributed by atoms with E-state index in [-0.39, 0.29) is 37.6 Å². The molecule has 1 aliphatic heterocycles. The zero-order chi connectivity index (χ0) is 21.6. The molecule has 9 nitrogen and oxygen atoms in total. The van der Waals surface area contributed by atoms with Crippen LogP contribution in [0.2, 0.25) is 0 Å². The maximum absolute atomic E-state index is 12.9. The number of amides is 5. The highest BCUT2D eigenvalue weighted by Crippen LogP contribution is 2.38. The minimum Gasteiger partial charge on any atom is -0.450 e. The summed E-state index contributed by atoms with van der Waals surface area (Å²) in [6, 6.07) is -0.812. The van der Waals surface area contributed by atoms with Gasteiger partial charge in [0.1, 0.15) is 12.1 Å². The van der Waals surface area contributed by atoms with Gasteiger partial charge in [-0.15, -0.1) is 0 Å². The lowest BCUT2D eigenvalue weighted by Crippen LogP contribution is -2.54. The number of nitrogens with zero attached hydrogens (tertiary/aromatic N) is 1. The molecule has 0 aromatic heterocycles. The first-order chi connectivity index (χ1) is 13.7. The maximum atomic E-state index is 12.9. The third-order valence-electron chi connectivity index (χ3n) is 5.70. The van der Waals surface area contributed by atoms with Gasteiger partial charge in [0, 0.05) is 12.6 Å². The smallest absolute Gasteiger partial charge is 0.407 e. The number of carbonyl (C=O) groups excluding carboxylic acids is 4. The number of nitrogens with one attached hydrogen (secondary N) is 3. The molecule has 1 aliphatic carbocycles. The van der Waals surface area contributed by atoms with Gasteiger partial charge in [0.25, 0.3) is 5.91 Å². The molecule has 1 saturated carbocycles. The molecule has 3 unspecified atom stereocenters. The largest absolute Gasteiger partial charge is 0.450 e. The second kappa shape index (κ2) is 9.93. The molecule has 3 N–H and O–H groups in total. The van der Waals surface area contributed by atoms with Crippen LogP contribution in [-0.4, -0.2) is 60.1 Å². The Morgan fingerprint density at radius 1 is 1.31 bits per heavy atom. The average molecular weight is 411 g/mol. The Morgan fingerprint density at radius 2 is 2.03 bits per heavy atom. The van der Waals surface area contributed by atoms with Crippen LogP contribution >= 0.6 is 0 Å². The van der Waals surface area contributed by atoms with Crippen molar-refractivity contribution in [3.05, 3.63) is 0 Å². The summed E-state index contributed by atoms with van der Waals surface area (Å²) in [6.07, 6.45) is 3.53. The number of ether oxygens (including phenoxy) is 1. The van der Waals surface area contributed by atoms with Gasteiger partial charge in [0.2, 0.25) is 5.91 Å². The predicted octanol–water partition coefficient (Wildman–Crippen LogP) is 1.76. The summed E-state index contributed by atoms with van der Waals surface area (Å²) < 4.78 is 4.90. The van der Waals surface area contributed by atoms with Crippen LogP contribution in [0.3, 0.4) is 0 Å². The van der Waals surface area contributed by atoms with Crippen LogP contribution in [-0.2, 0) is 14.3 Å². The lowest BCUT2D eigenvalue weighted by atomic mass is 9.73. The minimum atomic E-state index is -0.874. The molecule has 2 rings (SSSR count). The van der Waals surface area contributed by atoms with Crippen molar-refractivity contribution in [3.63, 3.8) is 0 Å². The van der Waals surface area contributed by atoms with Gasteiger partial charge in [0.05, 0.1) is 6.61 Å². The van der Waals surface area contributed by atoms with E-state index in [0.717, 1.165) is 24.2 Å². The molecule has 5 amide bonds. The molecule has 3 atom stereocenters. The Hall–Kier alpha value is -2.32. The Morgan fingerprint density at radius 3 is 2.66 bits per heavy atom. The summed E-state index contributed by atoms with van der Waals surface area (Å²) in [5, 5.41) is 8.29. The summed E-state index contributed by atoms with van der Waals surface area (Å²) in [5.41, 5.74) is -0.874. The molecule has 9 heteroatoms. The Bertz CT molecular complexity index is 638. The van der Waals surface area contributed by atoms with E-state index in [0.29, 0.717) is 18.8 Å². The summed E-state index contributed by atoms with van der Waals surface area (Å²) in [4.78, 5) is 50.4. The number of rotatable bonds is 8. The molecule has 0 aromatic rings. The van der Waals surface area contributed by atoms with Gasteiger partial charge in [-0.1, -0.05) is 33.6 Å². The van der Waals surface area contributed by atoms with Crippen molar-refractivity contribution in [1.29, 1.82) is 0 Å². The zero-order valence-corrected chi connectivity index (χ0v) is 17.9. The number of hydrogen-bond donors (Lipinski definition) is 3. The first-order valence-corrected chi connectivity index (χ1v) is 10.5. The van der Waals surface area contributed by atoms with Crippen molar-refractivity contribution in [2.24, 2.45) is 11.8 Å². The normalized spacial score (nSPS) is 25.1. The molecule has 0 bridgehead atoms. The van der Waals surface area contributed by atoms with E-state index in [1.165, 1.54) is 0 Å². The summed E-state index contributed by atoms with van der Waals surface area (Å²) in [7, 11) is 0. The third kappa shape index (κ3) is 5.61. The molecule has 1 saturated heterocycles. The molecule has 2 fully saturated rings. The van der Waals surface area contributed by atoms with E-state index in [1.54, 1.807) is 6.92 Å². The molecule has 2 aliphatic rings. The summed E-state index contributed by atoms with van der Waals surface area (Å²) >= 11 is 0. The first kappa shape index (κ1) is 23.0. The first-order valence-electron chi connectivity index (χ1n) is 10.5. The van der Waals surface area contributed by atoms with Gasteiger partial charge in [-0.05, 0) is 38.0 Å². The topological polar surface area (TPSA) is 117 Å². The van der Waals surface area contributed by atoms with E-state index in [9.17, 15) is 19.2 Å². The lowest BCUT2D eigenvalue weighted by Gasteiger charge is -2.36. The number of alkyl carbamates (subject to hydrolysis) is 1. The minimum absolute atomic E-state index is 0.0463. The SMILES string of the molecule is CCOC(=O)NC(CNC(=O)CN1C(=O)NC2(CCCCC2C)C1=O)CC(C)C. The highest BCUT2D eigenvalue weighted by molar-refractivity contribution is 6.09. The Kier molecular flexibility index (Phi) is 7.87. The van der Waals surface area contributed by atoms with Crippen LogP contribution in [0, 0.1) is 11.8 Å². The fraction of sp³-hybridized carbons (Fsp3) is 0.800. The second-order valence-corrected chi connectivity index (χ2v) is 8.43. The molecule has 1 heterocycles. The fourth-order valence-corrected chi connectivity index (χ4v) is 4.18. The average Bonchev–Trinajstić information content (AvgIpc) is 2.87.